The van der Waals surface area contributed by atoms with Gasteiger partial charge in [-0.1, -0.05) is 47.1 Å². The van der Waals surface area contributed by atoms with Crippen molar-refractivity contribution in [2.45, 2.75) is 13.3 Å². The van der Waals surface area contributed by atoms with Gasteiger partial charge in [-0.15, -0.1) is 0 Å². The molecule has 0 spiro atoms. The van der Waals surface area contributed by atoms with Crippen LogP contribution >= 0.6 is 15.9 Å². The Morgan fingerprint density at radius 3 is 2.67 bits per heavy atom. The lowest BCUT2D eigenvalue weighted by Crippen LogP contribution is -1.94. The maximum absolute atomic E-state index is 4.27. The summed E-state index contributed by atoms with van der Waals surface area (Å²) in [5.41, 5.74) is 6.43. The summed E-state index contributed by atoms with van der Waals surface area (Å²) in [6.45, 7) is 2.14. The fraction of sp³-hybridized carbons (Fsp3) is 0.133. The number of benzene rings is 2. The van der Waals surface area contributed by atoms with E-state index in [-0.39, 0.29) is 0 Å². The summed E-state index contributed by atoms with van der Waals surface area (Å²) >= 11 is 3.48. The summed E-state index contributed by atoms with van der Waals surface area (Å²) in [5.74, 6) is 0. The van der Waals surface area contributed by atoms with E-state index in [1.807, 2.05) is 36.5 Å². The molecule has 0 aliphatic heterocycles. The first-order valence-electron chi connectivity index (χ1n) is 5.92. The highest BCUT2D eigenvalue weighted by atomic mass is 79.9. The number of rotatable bonds is 4. The molecule has 18 heavy (non-hydrogen) atoms. The third-order valence-corrected chi connectivity index (χ3v) is 3.15. The van der Waals surface area contributed by atoms with Crippen molar-refractivity contribution in [3.8, 4) is 0 Å². The lowest BCUT2D eigenvalue weighted by Gasteiger charge is -2.04. The molecule has 2 nitrogen and oxygen atoms in total. The first-order valence-corrected chi connectivity index (χ1v) is 6.71. The molecule has 1 N–H and O–H groups in total. The Labute approximate surface area is 116 Å². The Bertz CT molecular complexity index is 535. The van der Waals surface area contributed by atoms with Gasteiger partial charge < -0.3 is 0 Å². The van der Waals surface area contributed by atoms with E-state index in [4.69, 9.17) is 0 Å². The Morgan fingerprint density at radius 2 is 1.94 bits per heavy atom. The zero-order valence-electron chi connectivity index (χ0n) is 10.2. The molecule has 0 heterocycles. The molecule has 3 heteroatoms. The van der Waals surface area contributed by atoms with E-state index in [0.717, 1.165) is 22.1 Å². The standard InChI is InChI=1S/C15H15BrN2/c1-2-12-8-9-14(16)10-13(12)11-17-18-15-6-4-3-5-7-15/h3-11,18H,2H2,1H3. The van der Waals surface area contributed by atoms with Crippen molar-refractivity contribution in [2.75, 3.05) is 5.43 Å². The average Bonchev–Trinajstić information content (AvgIpc) is 2.40. The maximum atomic E-state index is 4.27. The fourth-order valence-electron chi connectivity index (χ4n) is 1.70. The molecule has 0 atom stereocenters. The Morgan fingerprint density at radius 1 is 1.17 bits per heavy atom. The third kappa shape index (κ3) is 3.44. The number of nitrogens with one attached hydrogen (secondary N) is 1. The second kappa shape index (κ2) is 6.36. The van der Waals surface area contributed by atoms with Crippen molar-refractivity contribution >= 4 is 27.8 Å². The van der Waals surface area contributed by atoms with E-state index in [1.54, 1.807) is 0 Å². The summed E-state index contributed by atoms with van der Waals surface area (Å²) in [7, 11) is 0. The molecule has 0 unspecified atom stereocenters. The van der Waals surface area contributed by atoms with Crippen LogP contribution in [0.2, 0.25) is 0 Å². The topological polar surface area (TPSA) is 24.4 Å². The van der Waals surface area contributed by atoms with Crippen LogP contribution in [-0.2, 0) is 6.42 Å². The van der Waals surface area contributed by atoms with Gasteiger partial charge >= 0.3 is 0 Å². The lowest BCUT2D eigenvalue weighted by atomic mass is 10.1. The number of anilines is 1. The summed E-state index contributed by atoms with van der Waals surface area (Å²) in [6.07, 6.45) is 2.86. The fourth-order valence-corrected chi connectivity index (χ4v) is 2.08. The molecule has 0 fully saturated rings. The number of nitrogens with zero attached hydrogens (tertiary/aromatic N) is 1. The largest absolute Gasteiger partial charge is 0.279 e. The quantitative estimate of drug-likeness (QED) is 0.654. The van der Waals surface area contributed by atoms with Gasteiger partial charge in [0.1, 0.15) is 0 Å². The maximum Gasteiger partial charge on any atom is 0.0561 e. The van der Waals surface area contributed by atoms with Crippen LogP contribution in [0.3, 0.4) is 0 Å². The van der Waals surface area contributed by atoms with Crippen LogP contribution in [0.5, 0.6) is 0 Å². The predicted molar refractivity (Wildman–Crippen MR) is 81.2 cm³/mol. The van der Waals surface area contributed by atoms with E-state index >= 15 is 0 Å². The molecule has 0 aliphatic rings. The van der Waals surface area contributed by atoms with Crippen molar-refractivity contribution in [3.63, 3.8) is 0 Å². The SMILES string of the molecule is CCc1ccc(Br)cc1C=NNc1ccccc1. The van der Waals surface area contributed by atoms with Gasteiger partial charge in [-0.05, 0) is 41.8 Å². The van der Waals surface area contributed by atoms with Gasteiger partial charge in [0.05, 0.1) is 11.9 Å². The molecule has 0 aromatic heterocycles. The minimum Gasteiger partial charge on any atom is -0.279 e. The number of halogens is 1. The molecule has 2 aromatic rings. The molecule has 92 valence electrons. The molecule has 0 saturated carbocycles. The van der Waals surface area contributed by atoms with Crippen molar-refractivity contribution in [2.24, 2.45) is 5.10 Å². The van der Waals surface area contributed by atoms with Gasteiger partial charge in [-0.3, -0.25) is 5.43 Å². The minimum absolute atomic E-state index is 0.988. The van der Waals surface area contributed by atoms with Crippen LogP contribution in [0.25, 0.3) is 0 Å². The Hall–Kier alpha value is -1.61. The van der Waals surface area contributed by atoms with Crippen LogP contribution in [-0.4, -0.2) is 6.21 Å². The van der Waals surface area contributed by atoms with Crippen LogP contribution in [0.15, 0.2) is 58.1 Å². The monoisotopic (exact) mass is 302 g/mol. The lowest BCUT2D eigenvalue weighted by molar-refractivity contribution is 1.13. The molecular formula is C15H15BrN2. The van der Waals surface area contributed by atoms with E-state index < -0.39 is 0 Å². The van der Waals surface area contributed by atoms with Crippen LogP contribution < -0.4 is 5.43 Å². The minimum atomic E-state index is 0.988. The summed E-state index contributed by atoms with van der Waals surface area (Å²) in [5, 5.41) is 4.27. The van der Waals surface area contributed by atoms with Crippen LogP contribution in [0.1, 0.15) is 18.1 Å². The van der Waals surface area contributed by atoms with Gasteiger partial charge in [0, 0.05) is 4.47 Å². The number of hydrazone groups is 1. The molecule has 0 aliphatic carbocycles. The van der Waals surface area contributed by atoms with E-state index in [0.29, 0.717) is 0 Å². The Balaban J connectivity index is 2.11. The van der Waals surface area contributed by atoms with E-state index in [9.17, 15) is 0 Å². The molecule has 0 radical (unpaired) electrons. The summed E-state index contributed by atoms with van der Waals surface area (Å²) in [6, 6.07) is 16.2. The van der Waals surface area contributed by atoms with E-state index in [2.05, 4.69) is 51.6 Å². The number of hydrogen-bond donors (Lipinski definition) is 1. The van der Waals surface area contributed by atoms with Gasteiger partial charge in [-0.25, -0.2) is 0 Å². The van der Waals surface area contributed by atoms with Crippen LogP contribution in [0, 0.1) is 0 Å². The zero-order valence-corrected chi connectivity index (χ0v) is 11.8. The highest BCUT2D eigenvalue weighted by Gasteiger charge is 1.98. The van der Waals surface area contributed by atoms with Crippen LogP contribution in [0.4, 0.5) is 5.69 Å². The summed E-state index contributed by atoms with van der Waals surface area (Å²) < 4.78 is 1.07. The summed E-state index contributed by atoms with van der Waals surface area (Å²) in [4.78, 5) is 0. The number of hydrogen-bond acceptors (Lipinski definition) is 2. The van der Waals surface area contributed by atoms with Gasteiger partial charge in [-0.2, -0.15) is 5.10 Å². The highest BCUT2D eigenvalue weighted by Crippen LogP contribution is 2.16. The normalized spacial score (nSPS) is 10.8. The van der Waals surface area contributed by atoms with Crippen molar-refractivity contribution in [1.29, 1.82) is 0 Å². The van der Waals surface area contributed by atoms with Crippen molar-refractivity contribution in [1.82, 2.24) is 0 Å². The third-order valence-electron chi connectivity index (χ3n) is 2.66. The highest BCUT2D eigenvalue weighted by molar-refractivity contribution is 9.10. The van der Waals surface area contributed by atoms with Crippen molar-refractivity contribution in [3.05, 3.63) is 64.1 Å². The zero-order chi connectivity index (χ0) is 12.8. The molecule has 0 bridgehead atoms. The van der Waals surface area contributed by atoms with Gasteiger partial charge in [0.15, 0.2) is 0 Å². The number of aryl methyl sites for hydroxylation is 1. The van der Waals surface area contributed by atoms with Gasteiger partial charge in [0.25, 0.3) is 0 Å². The molecule has 2 rings (SSSR count). The number of para-hydroxylation sites is 1. The molecule has 0 saturated heterocycles. The molecule has 0 amide bonds. The predicted octanol–water partition coefficient (Wildman–Crippen LogP) is 4.46. The first-order chi connectivity index (χ1) is 8.79. The average molecular weight is 303 g/mol. The Kier molecular flexibility index (Phi) is 4.53. The second-order valence-corrected chi connectivity index (χ2v) is 4.85. The first kappa shape index (κ1) is 12.8. The second-order valence-electron chi connectivity index (χ2n) is 3.93. The van der Waals surface area contributed by atoms with E-state index in [1.165, 1.54) is 5.56 Å². The molecule has 2 aromatic carbocycles. The van der Waals surface area contributed by atoms with Crippen molar-refractivity contribution < 1.29 is 0 Å². The smallest absolute Gasteiger partial charge is 0.0561 e. The van der Waals surface area contributed by atoms with Gasteiger partial charge in [0.2, 0.25) is 0 Å². The molecular weight excluding hydrogens is 288 g/mol.